The third-order valence-corrected chi connectivity index (χ3v) is 5.42. The van der Waals surface area contributed by atoms with Crippen LogP contribution >= 0.6 is 0 Å². The van der Waals surface area contributed by atoms with Crippen LogP contribution in [0.15, 0.2) is 23.1 Å². The minimum Gasteiger partial charge on any atom is -0.481 e. The topological polar surface area (TPSA) is 104 Å². The second-order valence-corrected chi connectivity index (χ2v) is 6.92. The van der Waals surface area contributed by atoms with Crippen LogP contribution in [0, 0.1) is 5.82 Å². The lowest BCUT2D eigenvalue weighted by molar-refractivity contribution is -0.137. The zero-order chi connectivity index (χ0) is 18.3. The fraction of sp³-hybridized carbons (Fsp3) is 0.467. The second-order valence-electron chi connectivity index (χ2n) is 4.98. The molecule has 0 fully saturated rings. The van der Waals surface area contributed by atoms with Crippen molar-refractivity contribution in [1.29, 1.82) is 0 Å². The molecule has 0 atom stereocenters. The molecule has 0 aliphatic heterocycles. The molecule has 7 nitrogen and oxygen atoms in total. The quantitative estimate of drug-likeness (QED) is 0.649. The third-order valence-electron chi connectivity index (χ3n) is 3.38. The molecule has 1 aromatic carbocycles. The molecule has 0 heterocycles. The Labute approximate surface area is 140 Å². The number of carbonyl (C=O) groups excluding carboxylic acids is 1. The van der Waals surface area contributed by atoms with Gasteiger partial charge in [0.25, 0.3) is 5.91 Å². The molecule has 0 saturated carbocycles. The van der Waals surface area contributed by atoms with Gasteiger partial charge < -0.3 is 10.4 Å². The summed E-state index contributed by atoms with van der Waals surface area (Å²) < 4.78 is 39.9. The molecule has 9 heteroatoms. The number of amides is 1. The molecule has 0 bridgehead atoms. The van der Waals surface area contributed by atoms with Gasteiger partial charge in [0.2, 0.25) is 10.0 Å². The predicted molar refractivity (Wildman–Crippen MR) is 85.7 cm³/mol. The number of halogens is 1. The summed E-state index contributed by atoms with van der Waals surface area (Å²) in [6.07, 6.45) is 0.0687. The Morgan fingerprint density at radius 2 is 1.88 bits per heavy atom. The maximum atomic E-state index is 13.8. The summed E-state index contributed by atoms with van der Waals surface area (Å²) in [6, 6.07) is 3.04. The molecular weight excluding hydrogens is 339 g/mol. The van der Waals surface area contributed by atoms with Gasteiger partial charge in [0.15, 0.2) is 0 Å². The van der Waals surface area contributed by atoms with Gasteiger partial charge >= 0.3 is 5.97 Å². The first-order valence-corrected chi connectivity index (χ1v) is 8.97. The monoisotopic (exact) mass is 360 g/mol. The lowest BCUT2D eigenvalue weighted by atomic mass is 10.2. The minimum absolute atomic E-state index is 0.0532. The third kappa shape index (κ3) is 5.00. The van der Waals surface area contributed by atoms with Crippen LogP contribution in [-0.4, -0.2) is 49.3 Å². The first kappa shape index (κ1) is 20.0. The molecular formula is C15H21FN2O5S. The van der Waals surface area contributed by atoms with Crippen LogP contribution in [-0.2, 0) is 14.8 Å². The predicted octanol–water partition coefficient (Wildman–Crippen LogP) is 1.45. The standard InChI is InChI=1S/C15H21FN2O5S/c1-3-18(4-2)24(22,23)11-7-8-13(16)12(10-11)15(21)17-9-5-6-14(19)20/h7-8,10H,3-6,9H2,1-2H3,(H,17,21)(H,19,20). The van der Waals surface area contributed by atoms with Gasteiger partial charge in [-0.25, -0.2) is 12.8 Å². The highest BCUT2D eigenvalue weighted by molar-refractivity contribution is 7.89. The van der Waals surface area contributed by atoms with Gasteiger partial charge in [-0.15, -0.1) is 0 Å². The van der Waals surface area contributed by atoms with Crippen molar-refractivity contribution < 1.29 is 27.5 Å². The molecule has 0 unspecified atom stereocenters. The normalized spacial score (nSPS) is 11.5. The highest BCUT2D eigenvalue weighted by Gasteiger charge is 2.24. The van der Waals surface area contributed by atoms with E-state index in [-0.39, 0.29) is 37.4 Å². The van der Waals surface area contributed by atoms with Crippen molar-refractivity contribution in [2.75, 3.05) is 19.6 Å². The Hall–Kier alpha value is -2.00. The number of sulfonamides is 1. The Morgan fingerprint density at radius 1 is 1.25 bits per heavy atom. The molecule has 2 N–H and O–H groups in total. The summed E-state index contributed by atoms with van der Waals surface area (Å²) in [4.78, 5) is 22.2. The van der Waals surface area contributed by atoms with E-state index in [4.69, 9.17) is 5.11 Å². The molecule has 1 amide bonds. The average molecular weight is 360 g/mol. The largest absolute Gasteiger partial charge is 0.481 e. The summed E-state index contributed by atoms with van der Waals surface area (Å²) in [5.41, 5.74) is -0.390. The summed E-state index contributed by atoms with van der Waals surface area (Å²) in [7, 11) is -3.80. The van der Waals surface area contributed by atoms with E-state index in [1.807, 2.05) is 0 Å². The van der Waals surface area contributed by atoms with Crippen LogP contribution < -0.4 is 5.32 Å². The number of aliphatic carboxylic acids is 1. The van der Waals surface area contributed by atoms with Crippen molar-refractivity contribution in [3.8, 4) is 0 Å². The Bertz CT molecular complexity index is 702. The lowest BCUT2D eigenvalue weighted by Gasteiger charge is -2.18. The Balaban J connectivity index is 2.97. The number of carboxylic acids is 1. The summed E-state index contributed by atoms with van der Waals surface area (Å²) in [5.74, 6) is -2.62. The van der Waals surface area contributed by atoms with Gasteiger partial charge in [-0.05, 0) is 24.6 Å². The van der Waals surface area contributed by atoms with Gasteiger partial charge in [0.05, 0.1) is 10.5 Å². The summed E-state index contributed by atoms with van der Waals surface area (Å²) >= 11 is 0. The fourth-order valence-corrected chi connectivity index (χ4v) is 3.57. The van der Waals surface area contributed by atoms with Crippen molar-refractivity contribution in [3.05, 3.63) is 29.6 Å². The van der Waals surface area contributed by atoms with E-state index in [0.717, 1.165) is 18.2 Å². The molecule has 134 valence electrons. The van der Waals surface area contributed by atoms with Gasteiger partial charge in [0, 0.05) is 26.1 Å². The Morgan fingerprint density at radius 3 is 2.42 bits per heavy atom. The maximum absolute atomic E-state index is 13.8. The highest BCUT2D eigenvalue weighted by Crippen LogP contribution is 2.19. The molecule has 1 aromatic rings. The summed E-state index contributed by atoms with van der Waals surface area (Å²) in [6.45, 7) is 3.93. The van der Waals surface area contributed by atoms with E-state index in [1.165, 1.54) is 4.31 Å². The van der Waals surface area contributed by atoms with Crippen molar-refractivity contribution in [1.82, 2.24) is 9.62 Å². The fourth-order valence-electron chi connectivity index (χ4n) is 2.09. The maximum Gasteiger partial charge on any atom is 0.303 e. The number of benzene rings is 1. The van der Waals surface area contributed by atoms with Crippen LogP contribution in [0.25, 0.3) is 0 Å². The van der Waals surface area contributed by atoms with Crippen molar-refractivity contribution in [2.45, 2.75) is 31.6 Å². The molecule has 0 aliphatic rings. The molecule has 0 aromatic heterocycles. The zero-order valence-corrected chi connectivity index (χ0v) is 14.4. The average Bonchev–Trinajstić information content (AvgIpc) is 2.52. The van der Waals surface area contributed by atoms with Crippen molar-refractivity contribution in [2.24, 2.45) is 0 Å². The van der Waals surface area contributed by atoms with E-state index < -0.39 is 33.3 Å². The number of carbonyl (C=O) groups is 2. The lowest BCUT2D eigenvalue weighted by Crippen LogP contribution is -2.31. The van der Waals surface area contributed by atoms with E-state index in [2.05, 4.69) is 5.32 Å². The molecule has 24 heavy (non-hydrogen) atoms. The Kier molecular flexibility index (Phi) is 7.30. The summed E-state index contributed by atoms with van der Waals surface area (Å²) in [5, 5.41) is 10.9. The number of nitrogens with one attached hydrogen (secondary N) is 1. The molecule has 0 aliphatic carbocycles. The van der Waals surface area contributed by atoms with E-state index in [0.29, 0.717) is 0 Å². The van der Waals surface area contributed by atoms with Gasteiger partial charge in [0.1, 0.15) is 5.82 Å². The molecule has 1 rings (SSSR count). The first-order valence-electron chi connectivity index (χ1n) is 7.53. The van der Waals surface area contributed by atoms with E-state index in [1.54, 1.807) is 13.8 Å². The van der Waals surface area contributed by atoms with Crippen LogP contribution in [0.4, 0.5) is 4.39 Å². The first-order chi connectivity index (χ1) is 11.2. The number of hydrogen-bond donors (Lipinski definition) is 2. The smallest absolute Gasteiger partial charge is 0.303 e. The molecule has 0 saturated heterocycles. The molecule has 0 spiro atoms. The van der Waals surface area contributed by atoms with Crippen LogP contribution in [0.2, 0.25) is 0 Å². The number of rotatable bonds is 9. The SMILES string of the molecule is CCN(CC)S(=O)(=O)c1ccc(F)c(C(=O)NCCCC(=O)O)c1. The minimum atomic E-state index is -3.80. The zero-order valence-electron chi connectivity index (χ0n) is 13.6. The molecule has 0 radical (unpaired) electrons. The van der Waals surface area contributed by atoms with Crippen LogP contribution in [0.1, 0.15) is 37.0 Å². The van der Waals surface area contributed by atoms with E-state index >= 15 is 0 Å². The van der Waals surface area contributed by atoms with Crippen LogP contribution in [0.5, 0.6) is 0 Å². The van der Waals surface area contributed by atoms with Gasteiger partial charge in [-0.1, -0.05) is 13.8 Å². The second kappa shape index (κ2) is 8.74. The number of nitrogens with zero attached hydrogens (tertiary/aromatic N) is 1. The van der Waals surface area contributed by atoms with Gasteiger partial charge in [-0.3, -0.25) is 9.59 Å². The highest BCUT2D eigenvalue weighted by atomic mass is 32.2. The number of hydrogen-bond acceptors (Lipinski definition) is 4. The van der Waals surface area contributed by atoms with Crippen LogP contribution in [0.3, 0.4) is 0 Å². The van der Waals surface area contributed by atoms with Crippen molar-refractivity contribution in [3.63, 3.8) is 0 Å². The number of carboxylic acid groups (broad SMARTS) is 1. The van der Waals surface area contributed by atoms with E-state index in [9.17, 15) is 22.4 Å². The van der Waals surface area contributed by atoms with Gasteiger partial charge in [-0.2, -0.15) is 4.31 Å². The van der Waals surface area contributed by atoms with Crippen molar-refractivity contribution >= 4 is 21.9 Å².